The molecule has 1 N–H and O–H groups in total. The Labute approximate surface area is 161 Å². The van der Waals surface area contributed by atoms with Crippen LogP contribution in [0.15, 0.2) is 48.0 Å². The Balaban J connectivity index is 2.15. The summed E-state index contributed by atoms with van der Waals surface area (Å²) in [5.41, 5.74) is 2.14. The van der Waals surface area contributed by atoms with Gasteiger partial charge in [-0.1, -0.05) is 18.2 Å². The van der Waals surface area contributed by atoms with Crippen LogP contribution in [0, 0.1) is 0 Å². The average molecular weight is 371 g/mol. The second kappa shape index (κ2) is 10.4. The molecule has 7 heteroatoms. The lowest BCUT2D eigenvalue weighted by molar-refractivity contribution is -0.131. The van der Waals surface area contributed by atoms with Gasteiger partial charge in [-0.25, -0.2) is 9.98 Å². The van der Waals surface area contributed by atoms with Gasteiger partial charge in [-0.2, -0.15) is 0 Å². The topological polar surface area (TPSA) is 65.8 Å². The summed E-state index contributed by atoms with van der Waals surface area (Å²) in [6, 6.07) is 8.12. The molecule has 7 nitrogen and oxygen atoms in total. The Morgan fingerprint density at radius 1 is 1.22 bits per heavy atom. The van der Waals surface area contributed by atoms with E-state index in [2.05, 4.69) is 16.4 Å². The molecule has 1 aromatic carbocycles. The molecule has 0 saturated heterocycles. The second-order valence-corrected chi connectivity index (χ2v) is 6.19. The molecule has 0 aliphatic heterocycles. The number of nitrogens with one attached hydrogen (secondary N) is 1. The number of nitrogens with zero attached hydrogens (tertiary/aromatic N) is 5. The van der Waals surface area contributed by atoms with Crippen LogP contribution in [0.25, 0.3) is 5.69 Å². The molecule has 0 atom stereocenters. The van der Waals surface area contributed by atoms with Crippen molar-refractivity contribution in [3.05, 3.63) is 48.5 Å². The third-order valence-electron chi connectivity index (χ3n) is 4.36. The van der Waals surface area contributed by atoms with Crippen LogP contribution in [-0.2, 0) is 11.3 Å². The minimum atomic E-state index is 0.104. The number of aliphatic imine (C=N–C) groups is 1. The van der Waals surface area contributed by atoms with E-state index in [0.717, 1.165) is 36.8 Å². The maximum absolute atomic E-state index is 12.4. The maximum Gasteiger partial charge on any atom is 0.242 e. The van der Waals surface area contributed by atoms with Gasteiger partial charge < -0.3 is 19.7 Å². The number of aromatic nitrogens is 2. The van der Waals surface area contributed by atoms with E-state index in [1.165, 1.54) is 0 Å². The molecule has 27 heavy (non-hydrogen) atoms. The maximum atomic E-state index is 12.4. The van der Waals surface area contributed by atoms with Crippen molar-refractivity contribution in [1.29, 1.82) is 0 Å². The summed E-state index contributed by atoms with van der Waals surface area (Å²) >= 11 is 0. The molecule has 0 aliphatic rings. The Morgan fingerprint density at radius 3 is 2.59 bits per heavy atom. The largest absolute Gasteiger partial charge is 0.357 e. The van der Waals surface area contributed by atoms with Gasteiger partial charge >= 0.3 is 0 Å². The van der Waals surface area contributed by atoms with E-state index in [0.29, 0.717) is 13.1 Å². The van der Waals surface area contributed by atoms with E-state index >= 15 is 0 Å². The number of likely N-dealkylation sites (N-methyl/N-ethyl adjacent to an activating group) is 2. The summed E-state index contributed by atoms with van der Waals surface area (Å²) in [5, 5.41) is 3.27. The molecule has 0 saturated carbocycles. The molecule has 2 rings (SSSR count). The van der Waals surface area contributed by atoms with Crippen LogP contribution in [0.3, 0.4) is 0 Å². The van der Waals surface area contributed by atoms with E-state index < -0.39 is 0 Å². The third-order valence-corrected chi connectivity index (χ3v) is 4.36. The van der Waals surface area contributed by atoms with Crippen molar-refractivity contribution in [2.75, 3.05) is 33.2 Å². The van der Waals surface area contributed by atoms with Crippen molar-refractivity contribution in [3.8, 4) is 5.69 Å². The minimum absolute atomic E-state index is 0.104. The predicted molar refractivity (Wildman–Crippen MR) is 109 cm³/mol. The van der Waals surface area contributed by atoms with Crippen LogP contribution >= 0.6 is 0 Å². The second-order valence-electron chi connectivity index (χ2n) is 6.19. The number of carbonyl (C=O) groups is 1. The Morgan fingerprint density at radius 2 is 1.96 bits per heavy atom. The fourth-order valence-electron chi connectivity index (χ4n) is 2.88. The monoisotopic (exact) mass is 370 g/mol. The molecule has 0 aliphatic carbocycles. The summed E-state index contributed by atoms with van der Waals surface area (Å²) in [6.45, 7) is 9.00. The molecule has 1 heterocycles. The summed E-state index contributed by atoms with van der Waals surface area (Å²) in [5.74, 6) is 0.824. The van der Waals surface area contributed by atoms with Gasteiger partial charge in [0, 0.05) is 39.1 Å². The molecule has 2 aromatic rings. The number of guanidine groups is 1. The molecule has 1 amide bonds. The fraction of sp³-hybridized carbons (Fsp3) is 0.450. The number of para-hydroxylation sites is 1. The van der Waals surface area contributed by atoms with E-state index in [1.54, 1.807) is 12.5 Å². The molecule has 1 aromatic heterocycles. The number of hydrogen-bond acceptors (Lipinski definition) is 3. The number of carbonyl (C=O) groups excluding carboxylic acids is 1. The molecule has 0 unspecified atom stereocenters. The molecule has 0 bridgehead atoms. The van der Waals surface area contributed by atoms with Crippen molar-refractivity contribution in [2.24, 2.45) is 4.99 Å². The third kappa shape index (κ3) is 5.57. The van der Waals surface area contributed by atoms with Gasteiger partial charge in [0.15, 0.2) is 5.96 Å². The van der Waals surface area contributed by atoms with Crippen molar-refractivity contribution < 1.29 is 4.79 Å². The van der Waals surface area contributed by atoms with E-state index in [-0.39, 0.29) is 5.91 Å². The van der Waals surface area contributed by atoms with Gasteiger partial charge in [-0.3, -0.25) is 4.79 Å². The molecule has 0 fully saturated rings. The number of benzene rings is 1. The Kier molecular flexibility index (Phi) is 7.85. The Bertz CT molecular complexity index is 737. The SMILES string of the molecule is CCNC(=NCc1ccccc1-n1ccnc1)N(C)CC(=O)N(CC)CC. The minimum Gasteiger partial charge on any atom is -0.357 e. The predicted octanol–water partition coefficient (Wildman–Crippen LogP) is 2.14. The first-order chi connectivity index (χ1) is 13.1. The fourth-order valence-corrected chi connectivity index (χ4v) is 2.88. The molecular formula is C20H30N6O. The van der Waals surface area contributed by atoms with Gasteiger partial charge in [0.2, 0.25) is 5.91 Å². The number of rotatable bonds is 8. The quantitative estimate of drug-likeness (QED) is 0.571. The van der Waals surface area contributed by atoms with E-state index in [9.17, 15) is 4.79 Å². The lowest BCUT2D eigenvalue weighted by Gasteiger charge is -2.25. The zero-order valence-electron chi connectivity index (χ0n) is 16.7. The zero-order chi connectivity index (χ0) is 19.6. The molecular weight excluding hydrogens is 340 g/mol. The van der Waals surface area contributed by atoms with Crippen LogP contribution in [-0.4, -0.2) is 64.4 Å². The van der Waals surface area contributed by atoms with Crippen LogP contribution in [0.1, 0.15) is 26.3 Å². The lowest BCUT2D eigenvalue weighted by atomic mass is 10.2. The van der Waals surface area contributed by atoms with Crippen molar-refractivity contribution >= 4 is 11.9 Å². The van der Waals surface area contributed by atoms with Gasteiger partial charge in [-0.15, -0.1) is 0 Å². The smallest absolute Gasteiger partial charge is 0.242 e. The highest BCUT2D eigenvalue weighted by Crippen LogP contribution is 2.15. The van der Waals surface area contributed by atoms with Crippen LogP contribution in [0.2, 0.25) is 0 Å². The lowest BCUT2D eigenvalue weighted by Crippen LogP contribution is -2.45. The summed E-state index contributed by atoms with van der Waals surface area (Å²) in [4.78, 5) is 25.0. The highest BCUT2D eigenvalue weighted by molar-refractivity contribution is 5.86. The summed E-state index contributed by atoms with van der Waals surface area (Å²) in [7, 11) is 1.89. The summed E-state index contributed by atoms with van der Waals surface area (Å²) in [6.07, 6.45) is 5.46. The average Bonchev–Trinajstić information content (AvgIpc) is 3.20. The van der Waals surface area contributed by atoms with Gasteiger partial charge in [0.1, 0.15) is 0 Å². The number of imidazole rings is 1. The standard InChI is InChI=1S/C20H30N6O/c1-5-22-20(24(4)15-19(27)25(6-2)7-3)23-14-17-10-8-9-11-18(17)26-13-12-21-16-26/h8-13,16H,5-7,14-15H2,1-4H3,(H,22,23). The molecule has 0 radical (unpaired) electrons. The first kappa shape index (κ1) is 20.5. The van der Waals surface area contributed by atoms with E-state index in [4.69, 9.17) is 4.99 Å². The van der Waals surface area contributed by atoms with E-state index in [1.807, 2.05) is 66.6 Å². The summed E-state index contributed by atoms with van der Waals surface area (Å²) < 4.78 is 1.98. The highest BCUT2D eigenvalue weighted by Gasteiger charge is 2.15. The molecule has 0 spiro atoms. The first-order valence-electron chi connectivity index (χ1n) is 9.44. The van der Waals surface area contributed by atoms with Crippen molar-refractivity contribution in [1.82, 2.24) is 24.7 Å². The normalized spacial score (nSPS) is 11.3. The van der Waals surface area contributed by atoms with Gasteiger partial charge in [-0.05, 0) is 32.4 Å². The van der Waals surface area contributed by atoms with Crippen LogP contribution in [0.5, 0.6) is 0 Å². The first-order valence-corrected chi connectivity index (χ1v) is 9.44. The highest BCUT2D eigenvalue weighted by atomic mass is 16.2. The molecule has 146 valence electrons. The van der Waals surface area contributed by atoms with Crippen molar-refractivity contribution in [2.45, 2.75) is 27.3 Å². The zero-order valence-corrected chi connectivity index (χ0v) is 16.7. The van der Waals surface area contributed by atoms with Crippen LogP contribution < -0.4 is 5.32 Å². The van der Waals surface area contributed by atoms with Gasteiger partial charge in [0.05, 0.1) is 25.1 Å². The van der Waals surface area contributed by atoms with Gasteiger partial charge in [0.25, 0.3) is 0 Å². The Hall–Kier alpha value is -2.83. The van der Waals surface area contributed by atoms with Crippen LogP contribution in [0.4, 0.5) is 0 Å². The number of amides is 1. The van der Waals surface area contributed by atoms with Crippen molar-refractivity contribution in [3.63, 3.8) is 0 Å². The number of hydrogen-bond donors (Lipinski definition) is 1.